The summed E-state index contributed by atoms with van der Waals surface area (Å²) in [5.41, 5.74) is 2.08. The largest absolute Gasteiger partial charge is 0.330 e. The molecular formula is C12H16ClN3. The zero-order chi connectivity index (χ0) is 11.5. The maximum atomic E-state index is 5.97. The van der Waals surface area contributed by atoms with Crippen molar-refractivity contribution in [3.63, 3.8) is 0 Å². The van der Waals surface area contributed by atoms with Crippen molar-refractivity contribution in [2.24, 2.45) is 7.05 Å². The van der Waals surface area contributed by atoms with E-state index in [1.807, 2.05) is 25.2 Å². The van der Waals surface area contributed by atoms with E-state index in [0.717, 1.165) is 41.4 Å². The van der Waals surface area contributed by atoms with Crippen LogP contribution in [0.3, 0.4) is 0 Å². The molecule has 1 heterocycles. The van der Waals surface area contributed by atoms with Crippen LogP contribution in [0.2, 0.25) is 5.02 Å². The molecule has 0 radical (unpaired) electrons. The molecule has 0 amide bonds. The second-order valence-electron chi connectivity index (χ2n) is 3.90. The number of benzene rings is 1. The highest BCUT2D eigenvalue weighted by Crippen LogP contribution is 2.19. The Morgan fingerprint density at radius 1 is 1.44 bits per heavy atom. The quantitative estimate of drug-likeness (QED) is 0.829. The predicted molar refractivity (Wildman–Crippen MR) is 67.7 cm³/mol. The van der Waals surface area contributed by atoms with Crippen molar-refractivity contribution in [2.75, 3.05) is 6.54 Å². The first-order valence-corrected chi connectivity index (χ1v) is 5.91. The maximum Gasteiger partial charge on any atom is 0.123 e. The van der Waals surface area contributed by atoms with Gasteiger partial charge in [-0.2, -0.15) is 0 Å². The number of nitrogens with zero attached hydrogens (tertiary/aromatic N) is 2. The summed E-state index contributed by atoms with van der Waals surface area (Å²) in [4.78, 5) is 4.57. The van der Waals surface area contributed by atoms with Gasteiger partial charge >= 0.3 is 0 Å². The zero-order valence-corrected chi connectivity index (χ0v) is 10.4. The van der Waals surface area contributed by atoms with Gasteiger partial charge in [0.1, 0.15) is 5.82 Å². The molecule has 0 aliphatic rings. The van der Waals surface area contributed by atoms with E-state index in [1.165, 1.54) is 0 Å². The van der Waals surface area contributed by atoms with Crippen LogP contribution in [0.4, 0.5) is 0 Å². The summed E-state index contributed by atoms with van der Waals surface area (Å²) in [7, 11) is 2.02. The van der Waals surface area contributed by atoms with Gasteiger partial charge in [0.05, 0.1) is 17.6 Å². The van der Waals surface area contributed by atoms with Crippen LogP contribution in [0.1, 0.15) is 19.2 Å². The molecule has 0 atom stereocenters. The fourth-order valence-corrected chi connectivity index (χ4v) is 1.91. The average Bonchev–Trinajstić information content (AvgIpc) is 2.57. The van der Waals surface area contributed by atoms with E-state index in [9.17, 15) is 0 Å². The molecule has 0 spiro atoms. The Morgan fingerprint density at radius 2 is 2.25 bits per heavy atom. The number of aromatic nitrogens is 2. The van der Waals surface area contributed by atoms with Crippen molar-refractivity contribution in [1.29, 1.82) is 0 Å². The van der Waals surface area contributed by atoms with Crippen molar-refractivity contribution in [1.82, 2.24) is 14.9 Å². The minimum absolute atomic E-state index is 0.753. The van der Waals surface area contributed by atoms with Gasteiger partial charge in [0.15, 0.2) is 0 Å². The number of imidazole rings is 1. The Labute approximate surface area is 100 Å². The molecule has 86 valence electrons. The average molecular weight is 238 g/mol. The molecular weight excluding hydrogens is 222 g/mol. The molecule has 0 bridgehead atoms. The first kappa shape index (κ1) is 11.4. The molecule has 4 heteroatoms. The van der Waals surface area contributed by atoms with Crippen LogP contribution in [0, 0.1) is 0 Å². The Morgan fingerprint density at radius 3 is 3.00 bits per heavy atom. The molecule has 1 aromatic carbocycles. The van der Waals surface area contributed by atoms with Crippen LogP contribution in [0.25, 0.3) is 11.0 Å². The Balaban J connectivity index is 2.29. The summed E-state index contributed by atoms with van der Waals surface area (Å²) < 4.78 is 2.09. The monoisotopic (exact) mass is 237 g/mol. The lowest BCUT2D eigenvalue weighted by Crippen LogP contribution is -2.16. The van der Waals surface area contributed by atoms with Crippen LogP contribution in [0.5, 0.6) is 0 Å². The predicted octanol–water partition coefficient (Wildman–Crippen LogP) is 2.73. The van der Waals surface area contributed by atoms with E-state index in [0.29, 0.717) is 0 Å². The zero-order valence-electron chi connectivity index (χ0n) is 9.63. The molecule has 2 rings (SSSR count). The summed E-state index contributed by atoms with van der Waals surface area (Å²) in [5, 5.41) is 4.10. The number of halogens is 1. The smallest absolute Gasteiger partial charge is 0.123 e. The van der Waals surface area contributed by atoms with Crippen LogP contribution in [0.15, 0.2) is 18.2 Å². The molecule has 0 unspecified atom stereocenters. The summed E-state index contributed by atoms with van der Waals surface area (Å²) in [6.45, 7) is 3.97. The van der Waals surface area contributed by atoms with E-state index < -0.39 is 0 Å². The van der Waals surface area contributed by atoms with Gasteiger partial charge in [-0.15, -0.1) is 0 Å². The molecule has 0 aliphatic carbocycles. The van der Waals surface area contributed by atoms with Crippen LogP contribution in [-0.4, -0.2) is 16.1 Å². The van der Waals surface area contributed by atoms with Gasteiger partial charge in [-0.1, -0.05) is 18.5 Å². The summed E-state index contributed by atoms with van der Waals surface area (Å²) in [5.74, 6) is 1.05. The van der Waals surface area contributed by atoms with Gasteiger partial charge in [0.2, 0.25) is 0 Å². The van der Waals surface area contributed by atoms with E-state index in [1.54, 1.807) is 0 Å². The molecule has 0 aliphatic heterocycles. The lowest BCUT2D eigenvalue weighted by Gasteiger charge is -2.03. The second-order valence-corrected chi connectivity index (χ2v) is 4.33. The first-order chi connectivity index (χ1) is 7.72. The molecule has 16 heavy (non-hydrogen) atoms. The fourth-order valence-electron chi connectivity index (χ4n) is 1.75. The highest BCUT2D eigenvalue weighted by Gasteiger charge is 2.07. The summed E-state index contributed by atoms with van der Waals surface area (Å²) >= 11 is 5.97. The van der Waals surface area contributed by atoms with Gasteiger partial charge in [-0.3, -0.25) is 0 Å². The Hall–Kier alpha value is -1.06. The first-order valence-electron chi connectivity index (χ1n) is 5.54. The molecule has 1 N–H and O–H groups in total. The number of hydrogen-bond donors (Lipinski definition) is 1. The molecule has 0 saturated heterocycles. The molecule has 0 saturated carbocycles. The fraction of sp³-hybridized carbons (Fsp3) is 0.417. The van der Waals surface area contributed by atoms with Crippen LogP contribution >= 0.6 is 11.6 Å². The third-order valence-electron chi connectivity index (χ3n) is 2.65. The topological polar surface area (TPSA) is 29.9 Å². The second kappa shape index (κ2) is 4.85. The SMILES string of the molecule is CCCNCc1nc2ccc(Cl)cc2n1C. The highest BCUT2D eigenvalue weighted by molar-refractivity contribution is 6.31. The van der Waals surface area contributed by atoms with Gasteiger partial charge in [0, 0.05) is 12.1 Å². The molecule has 1 aromatic heterocycles. The van der Waals surface area contributed by atoms with E-state index in [-0.39, 0.29) is 0 Å². The van der Waals surface area contributed by atoms with Crippen molar-refractivity contribution in [3.8, 4) is 0 Å². The molecule has 2 aromatic rings. The summed E-state index contributed by atoms with van der Waals surface area (Å²) in [6, 6.07) is 5.79. The standard InChI is InChI=1S/C12H16ClN3/c1-3-6-14-8-12-15-10-5-4-9(13)7-11(10)16(12)2/h4-5,7,14H,3,6,8H2,1-2H3. The number of rotatable bonds is 4. The third-order valence-corrected chi connectivity index (χ3v) is 2.88. The van der Waals surface area contributed by atoms with Gasteiger partial charge in [-0.25, -0.2) is 4.98 Å². The lowest BCUT2D eigenvalue weighted by molar-refractivity contribution is 0.634. The maximum absolute atomic E-state index is 5.97. The summed E-state index contributed by atoms with van der Waals surface area (Å²) in [6.07, 6.45) is 1.13. The van der Waals surface area contributed by atoms with Crippen molar-refractivity contribution >= 4 is 22.6 Å². The highest BCUT2D eigenvalue weighted by atomic mass is 35.5. The van der Waals surface area contributed by atoms with Crippen molar-refractivity contribution in [2.45, 2.75) is 19.9 Å². The minimum Gasteiger partial charge on any atom is -0.330 e. The minimum atomic E-state index is 0.753. The van der Waals surface area contributed by atoms with Crippen molar-refractivity contribution in [3.05, 3.63) is 29.0 Å². The number of fused-ring (bicyclic) bond motifs is 1. The molecule has 0 fully saturated rings. The van der Waals surface area contributed by atoms with E-state index >= 15 is 0 Å². The van der Waals surface area contributed by atoms with Crippen molar-refractivity contribution < 1.29 is 0 Å². The van der Waals surface area contributed by atoms with Crippen LogP contribution < -0.4 is 5.32 Å². The Kier molecular flexibility index (Phi) is 3.46. The van der Waals surface area contributed by atoms with E-state index in [2.05, 4.69) is 21.8 Å². The van der Waals surface area contributed by atoms with Crippen LogP contribution in [-0.2, 0) is 13.6 Å². The molecule has 3 nitrogen and oxygen atoms in total. The normalized spacial score (nSPS) is 11.2. The van der Waals surface area contributed by atoms with E-state index in [4.69, 9.17) is 11.6 Å². The van der Waals surface area contributed by atoms with Gasteiger partial charge in [0.25, 0.3) is 0 Å². The third kappa shape index (κ3) is 2.20. The van der Waals surface area contributed by atoms with Gasteiger partial charge < -0.3 is 9.88 Å². The van der Waals surface area contributed by atoms with Gasteiger partial charge in [-0.05, 0) is 31.2 Å². The number of aryl methyl sites for hydroxylation is 1. The lowest BCUT2D eigenvalue weighted by atomic mass is 10.3. The number of hydrogen-bond acceptors (Lipinski definition) is 2. The Bertz CT molecular complexity index is 490. The number of nitrogens with one attached hydrogen (secondary N) is 1.